The fraction of sp³-hybridized carbons (Fsp3) is 0.200. The van der Waals surface area contributed by atoms with E-state index in [1.54, 1.807) is 12.1 Å². The maximum atomic E-state index is 12.9. The summed E-state index contributed by atoms with van der Waals surface area (Å²) in [6, 6.07) is 11.8. The van der Waals surface area contributed by atoms with Crippen LogP contribution < -0.4 is 9.47 Å². The zero-order valence-electron chi connectivity index (χ0n) is 10.6. The number of ether oxygens (including phenoxy) is 2. The molecule has 106 valence electrons. The van der Waals surface area contributed by atoms with Crippen molar-refractivity contribution in [2.75, 3.05) is 13.2 Å². The Balaban J connectivity index is 1.78. The van der Waals surface area contributed by atoms with Crippen LogP contribution in [0.2, 0.25) is 0 Å². The van der Waals surface area contributed by atoms with E-state index in [-0.39, 0.29) is 19.0 Å². The normalized spacial score (nSPS) is 11.9. The Morgan fingerprint density at radius 2 is 1.40 bits per heavy atom. The van der Waals surface area contributed by atoms with Crippen LogP contribution in [0.1, 0.15) is 0 Å². The van der Waals surface area contributed by atoms with Gasteiger partial charge in [-0.2, -0.15) is 0 Å². The average molecular weight is 280 g/mol. The largest absolute Gasteiger partial charge is 0.491 e. The van der Waals surface area contributed by atoms with Gasteiger partial charge < -0.3 is 14.6 Å². The van der Waals surface area contributed by atoms with Crippen molar-refractivity contribution in [3.8, 4) is 11.5 Å². The number of aliphatic hydroxyl groups is 1. The van der Waals surface area contributed by atoms with E-state index in [9.17, 15) is 13.9 Å². The molecule has 0 amide bonds. The van der Waals surface area contributed by atoms with E-state index in [0.717, 1.165) is 18.2 Å². The summed E-state index contributed by atoms with van der Waals surface area (Å²) in [5.74, 6) is -0.797. The lowest BCUT2D eigenvalue weighted by molar-refractivity contribution is 0.0624. The molecule has 0 saturated carbocycles. The van der Waals surface area contributed by atoms with Gasteiger partial charge in [-0.25, -0.2) is 8.78 Å². The predicted molar refractivity (Wildman–Crippen MR) is 69.8 cm³/mol. The molecule has 0 aliphatic rings. The number of aliphatic hydroxyl groups excluding tert-OH is 1. The van der Waals surface area contributed by atoms with Crippen molar-refractivity contribution in [3.05, 3.63) is 60.2 Å². The molecule has 2 aromatic rings. The maximum absolute atomic E-state index is 12.9. The van der Waals surface area contributed by atoms with E-state index in [1.165, 1.54) is 0 Å². The average Bonchev–Trinajstić information content (AvgIpc) is 2.43. The minimum Gasteiger partial charge on any atom is -0.491 e. The third-order valence-corrected chi connectivity index (χ3v) is 2.46. The van der Waals surface area contributed by atoms with Gasteiger partial charge in [0, 0.05) is 18.2 Å². The Morgan fingerprint density at radius 3 is 2.00 bits per heavy atom. The lowest BCUT2D eigenvalue weighted by Gasteiger charge is -2.13. The van der Waals surface area contributed by atoms with E-state index in [2.05, 4.69) is 0 Å². The van der Waals surface area contributed by atoms with Gasteiger partial charge in [-0.15, -0.1) is 0 Å². The standard InChI is InChI=1S/C15H14F2O3/c16-11-6-12(17)8-15(7-11)20-10-13(18)9-19-14-4-2-1-3-5-14/h1-8,13,18H,9-10H2. The van der Waals surface area contributed by atoms with E-state index in [1.807, 2.05) is 18.2 Å². The van der Waals surface area contributed by atoms with Crippen LogP contribution in [0, 0.1) is 11.6 Å². The zero-order chi connectivity index (χ0) is 14.4. The van der Waals surface area contributed by atoms with Crippen LogP contribution in [-0.2, 0) is 0 Å². The molecular formula is C15H14F2O3. The van der Waals surface area contributed by atoms with Crippen LogP contribution in [0.25, 0.3) is 0 Å². The van der Waals surface area contributed by atoms with E-state index < -0.39 is 17.7 Å². The van der Waals surface area contributed by atoms with Gasteiger partial charge in [0.15, 0.2) is 0 Å². The maximum Gasteiger partial charge on any atom is 0.129 e. The first kappa shape index (κ1) is 14.3. The number of hydrogen-bond donors (Lipinski definition) is 1. The summed E-state index contributed by atoms with van der Waals surface area (Å²) in [5, 5.41) is 9.67. The fourth-order valence-corrected chi connectivity index (χ4v) is 1.56. The molecule has 2 rings (SSSR count). The Hall–Kier alpha value is -2.14. The predicted octanol–water partition coefficient (Wildman–Crippen LogP) is 2.78. The highest BCUT2D eigenvalue weighted by molar-refractivity contribution is 5.24. The second kappa shape index (κ2) is 6.86. The van der Waals surface area contributed by atoms with Gasteiger partial charge in [0.05, 0.1) is 0 Å². The number of halogens is 2. The Morgan fingerprint density at radius 1 is 0.850 bits per heavy atom. The fourth-order valence-electron chi connectivity index (χ4n) is 1.56. The third kappa shape index (κ3) is 4.51. The monoisotopic (exact) mass is 280 g/mol. The minimum absolute atomic E-state index is 0.0289. The molecule has 2 aromatic carbocycles. The second-order valence-corrected chi connectivity index (χ2v) is 4.19. The highest BCUT2D eigenvalue weighted by Gasteiger charge is 2.08. The van der Waals surface area contributed by atoms with Crippen LogP contribution in [0.4, 0.5) is 8.78 Å². The van der Waals surface area contributed by atoms with Crippen LogP contribution in [0.3, 0.4) is 0 Å². The molecule has 1 unspecified atom stereocenters. The molecule has 0 spiro atoms. The molecule has 0 aliphatic carbocycles. The van der Waals surface area contributed by atoms with Crippen molar-refractivity contribution >= 4 is 0 Å². The molecular weight excluding hydrogens is 266 g/mol. The van der Waals surface area contributed by atoms with Gasteiger partial charge in [-0.3, -0.25) is 0 Å². The number of rotatable bonds is 6. The van der Waals surface area contributed by atoms with Crippen LogP contribution in [0.15, 0.2) is 48.5 Å². The van der Waals surface area contributed by atoms with Crippen molar-refractivity contribution in [3.63, 3.8) is 0 Å². The van der Waals surface area contributed by atoms with Crippen LogP contribution in [0.5, 0.6) is 11.5 Å². The molecule has 0 heterocycles. The number of para-hydroxylation sites is 1. The number of benzene rings is 2. The highest BCUT2D eigenvalue weighted by atomic mass is 19.1. The van der Waals surface area contributed by atoms with Crippen molar-refractivity contribution in [1.82, 2.24) is 0 Å². The van der Waals surface area contributed by atoms with Gasteiger partial charge in [-0.05, 0) is 12.1 Å². The summed E-state index contributed by atoms with van der Waals surface area (Å²) < 4.78 is 36.3. The minimum atomic E-state index is -0.901. The van der Waals surface area contributed by atoms with Crippen molar-refractivity contribution in [1.29, 1.82) is 0 Å². The molecule has 5 heteroatoms. The molecule has 1 atom stereocenters. The third-order valence-electron chi connectivity index (χ3n) is 2.46. The van der Waals surface area contributed by atoms with Gasteiger partial charge in [-0.1, -0.05) is 18.2 Å². The zero-order valence-corrected chi connectivity index (χ0v) is 10.6. The van der Waals surface area contributed by atoms with Crippen LogP contribution >= 0.6 is 0 Å². The summed E-state index contributed by atoms with van der Waals surface area (Å²) in [7, 11) is 0. The SMILES string of the molecule is OC(COc1ccccc1)COc1cc(F)cc(F)c1. The molecule has 3 nitrogen and oxygen atoms in total. The Kier molecular flexibility index (Phi) is 4.90. The smallest absolute Gasteiger partial charge is 0.129 e. The quantitative estimate of drug-likeness (QED) is 0.884. The Bertz CT molecular complexity index is 526. The second-order valence-electron chi connectivity index (χ2n) is 4.19. The first-order valence-electron chi connectivity index (χ1n) is 6.08. The molecule has 20 heavy (non-hydrogen) atoms. The van der Waals surface area contributed by atoms with Gasteiger partial charge in [0.25, 0.3) is 0 Å². The highest BCUT2D eigenvalue weighted by Crippen LogP contribution is 2.15. The van der Waals surface area contributed by atoms with Crippen molar-refractivity contribution in [2.24, 2.45) is 0 Å². The molecule has 1 N–H and O–H groups in total. The summed E-state index contributed by atoms with van der Waals surface area (Å²) in [6.07, 6.45) is -0.901. The van der Waals surface area contributed by atoms with Gasteiger partial charge in [0.1, 0.15) is 42.5 Å². The molecule has 0 radical (unpaired) electrons. The topological polar surface area (TPSA) is 38.7 Å². The summed E-state index contributed by atoms with van der Waals surface area (Å²) in [4.78, 5) is 0. The molecule has 0 bridgehead atoms. The van der Waals surface area contributed by atoms with Crippen LogP contribution in [-0.4, -0.2) is 24.4 Å². The molecule has 0 saturated heterocycles. The summed E-state index contributed by atoms with van der Waals surface area (Å²) in [6.45, 7) is -0.0858. The Labute approximate surface area is 115 Å². The van der Waals surface area contributed by atoms with E-state index >= 15 is 0 Å². The first-order chi connectivity index (χ1) is 9.63. The summed E-state index contributed by atoms with van der Waals surface area (Å²) in [5.41, 5.74) is 0. The van der Waals surface area contributed by atoms with E-state index in [0.29, 0.717) is 5.75 Å². The molecule has 0 aliphatic heterocycles. The number of hydrogen-bond acceptors (Lipinski definition) is 3. The molecule has 0 aromatic heterocycles. The lowest BCUT2D eigenvalue weighted by Crippen LogP contribution is -2.25. The first-order valence-corrected chi connectivity index (χ1v) is 6.08. The lowest BCUT2D eigenvalue weighted by atomic mass is 10.3. The van der Waals surface area contributed by atoms with E-state index in [4.69, 9.17) is 9.47 Å². The van der Waals surface area contributed by atoms with Crippen molar-refractivity contribution < 1.29 is 23.4 Å². The van der Waals surface area contributed by atoms with Gasteiger partial charge >= 0.3 is 0 Å². The van der Waals surface area contributed by atoms with Gasteiger partial charge in [0.2, 0.25) is 0 Å². The molecule has 0 fully saturated rings. The summed E-state index contributed by atoms with van der Waals surface area (Å²) >= 11 is 0. The van der Waals surface area contributed by atoms with Crippen molar-refractivity contribution in [2.45, 2.75) is 6.10 Å².